The summed E-state index contributed by atoms with van der Waals surface area (Å²) in [6, 6.07) is 13.7. The first-order valence-electron chi connectivity index (χ1n) is 9.40. The molecule has 140 valence electrons. The predicted octanol–water partition coefficient (Wildman–Crippen LogP) is 3.74. The number of aliphatic hydroxyl groups is 1. The first-order chi connectivity index (χ1) is 12.9. The minimum absolute atomic E-state index is 0.258. The molecule has 1 aliphatic carbocycles. The fourth-order valence-corrected chi connectivity index (χ4v) is 5.79. The summed E-state index contributed by atoms with van der Waals surface area (Å²) < 4.78 is 1.05. The Morgan fingerprint density at radius 1 is 1.15 bits per heavy atom. The Kier molecular flexibility index (Phi) is 3.74. The lowest BCUT2D eigenvalue weighted by atomic mass is 9.56. The molecule has 3 N–H and O–H groups in total. The van der Waals surface area contributed by atoms with Crippen LogP contribution in [-0.2, 0) is 18.3 Å². The van der Waals surface area contributed by atoms with Crippen LogP contribution in [0.4, 0.5) is 0 Å². The van der Waals surface area contributed by atoms with Gasteiger partial charge in [0.05, 0.1) is 11.1 Å². The number of rotatable bonds is 1. The van der Waals surface area contributed by atoms with Crippen LogP contribution in [0, 0.1) is 0 Å². The number of fused-ring (bicyclic) bond motifs is 4. The van der Waals surface area contributed by atoms with Gasteiger partial charge in [0.2, 0.25) is 0 Å². The highest BCUT2D eigenvalue weighted by Gasteiger charge is 2.57. The van der Waals surface area contributed by atoms with E-state index in [-0.39, 0.29) is 5.75 Å². The molecule has 0 amide bonds. The number of phenols is 1. The van der Waals surface area contributed by atoms with Gasteiger partial charge in [-0.15, -0.1) is 0 Å². The molecule has 4 nitrogen and oxygen atoms in total. The van der Waals surface area contributed by atoms with Gasteiger partial charge in [0.15, 0.2) is 0 Å². The largest absolute Gasteiger partial charge is 0.508 e. The summed E-state index contributed by atoms with van der Waals surface area (Å²) in [5, 5.41) is 23.3. The maximum atomic E-state index is 12.0. The molecule has 1 aliphatic heterocycles. The molecule has 0 unspecified atom stereocenters. The quantitative estimate of drug-likeness (QED) is 0.555. The number of aromatic hydroxyl groups is 1. The molecule has 2 heterocycles. The summed E-state index contributed by atoms with van der Waals surface area (Å²) in [4.78, 5) is 5.84. The number of aromatic amines is 1. The van der Waals surface area contributed by atoms with E-state index in [4.69, 9.17) is 0 Å². The summed E-state index contributed by atoms with van der Waals surface area (Å²) >= 11 is 3.66. The fraction of sp³-hybridized carbons (Fsp3) is 0.364. The van der Waals surface area contributed by atoms with E-state index in [9.17, 15) is 10.2 Å². The molecule has 1 fully saturated rings. The first kappa shape index (κ1) is 17.3. The van der Waals surface area contributed by atoms with Gasteiger partial charge in [0.1, 0.15) is 5.75 Å². The minimum atomic E-state index is -0.877. The Bertz CT molecular complexity index is 1050. The average Bonchev–Trinajstić information content (AvgIpc) is 2.97. The van der Waals surface area contributed by atoms with Crippen molar-refractivity contribution in [1.29, 1.82) is 0 Å². The molecule has 2 atom stereocenters. The third kappa shape index (κ3) is 2.42. The van der Waals surface area contributed by atoms with Crippen LogP contribution in [-0.4, -0.2) is 45.8 Å². The standard InChI is InChI=1S/C22H23BrN2O2/c1-25-9-8-21(14-4-2-5-15(26)10-14)12-19-17(11-22(21,27)13-25)16-6-3-7-18(23)20(16)24-19/h2-7,10,24,26-27H,8-9,11-13H2,1H3/t21-,22-/m0/s1. The number of H-pyrrole nitrogens is 1. The zero-order valence-electron chi connectivity index (χ0n) is 15.3. The summed E-state index contributed by atoms with van der Waals surface area (Å²) in [6.07, 6.45) is 2.22. The summed E-state index contributed by atoms with van der Waals surface area (Å²) in [5.74, 6) is 0.258. The Balaban J connectivity index is 1.74. The Labute approximate surface area is 167 Å². The van der Waals surface area contributed by atoms with Crippen LogP contribution in [0.1, 0.15) is 23.2 Å². The Morgan fingerprint density at radius 2 is 1.96 bits per heavy atom. The number of nitrogens with zero attached hydrogens (tertiary/aromatic N) is 1. The topological polar surface area (TPSA) is 59.5 Å². The molecule has 1 aromatic heterocycles. The van der Waals surface area contributed by atoms with Gasteiger partial charge in [0.25, 0.3) is 0 Å². The molecule has 2 aromatic carbocycles. The Hall–Kier alpha value is -1.82. The number of phenolic OH excluding ortho intramolecular Hbond substituents is 1. The number of para-hydroxylation sites is 1. The van der Waals surface area contributed by atoms with E-state index in [0.29, 0.717) is 13.0 Å². The smallest absolute Gasteiger partial charge is 0.115 e. The van der Waals surface area contributed by atoms with Crippen molar-refractivity contribution in [2.75, 3.05) is 20.1 Å². The molecule has 3 aromatic rings. The third-order valence-corrected chi connectivity index (χ3v) is 7.33. The molecule has 5 rings (SSSR count). The van der Waals surface area contributed by atoms with Gasteiger partial charge < -0.3 is 20.1 Å². The lowest BCUT2D eigenvalue weighted by molar-refractivity contribution is -0.0972. The van der Waals surface area contributed by atoms with E-state index in [1.807, 2.05) is 18.2 Å². The van der Waals surface area contributed by atoms with E-state index in [1.54, 1.807) is 6.07 Å². The van der Waals surface area contributed by atoms with Crippen LogP contribution in [0.2, 0.25) is 0 Å². The average molecular weight is 427 g/mol. The van der Waals surface area contributed by atoms with Crippen LogP contribution in [0.15, 0.2) is 46.9 Å². The SMILES string of the molecule is CN1CC[C@@]2(c3cccc(O)c3)Cc3[nH]c4c(Br)cccc4c3C[C@]2(O)C1. The van der Waals surface area contributed by atoms with Gasteiger partial charge in [0, 0.05) is 40.4 Å². The van der Waals surface area contributed by atoms with E-state index < -0.39 is 11.0 Å². The van der Waals surface area contributed by atoms with Crippen LogP contribution in [0.25, 0.3) is 10.9 Å². The zero-order chi connectivity index (χ0) is 18.8. The van der Waals surface area contributed by atoms with Crippen molar-refractivity contribution in [1.82, 2.24) is 9.88 Å². The number of aromatic nitrogens is 1. The Morgan fingerprint density at radius 3 is 2.78 bits per heavy atom. The van der Waals surface area contributed by atoms with Gasteiger partial charge >= 0.3 is 0 Å². The molecule has 0 saturated carbocycles. The lowest BCUT2D eigenvalue weighted by Crippen LogP contribution is -2.65. The predicted molar refractivity (Wildman–Crippen MR) is 110 cm³/mol. The van der Waals surface area contributed by atoms with Crippen molar-refractivity contribution >= 4 is 26.8 Å². The normalized spacial score (nSPS) is 28.1. The van der Waals surface area contributed by atoms with Crippen molar-refractivity contribution in [2.45, 2.75) is 30.3 Å². The van der Waals surface area contributed by atoms with Crippen LogP contribution in [0.5, 0.6) is 5.75 Å². The van der Waals surface area contributed by atoms with Crippen molar-refractivity contribution in [2.24, 2.45) is 0 Å². The van der Waals surface area contributed by atoms with Gasteiger partial charge in [-0.25, -0.2) is 0 Å². The maximum absolute atomic E-state index is 12.0. The number of hydrogen-bond acceptors (Lipinski definition) is 3. The number of halogens is 1. The van der Waals surface area contributed by atoms with Crippen molar-refractivity contribution < 1.29 is 10.2 Å². The molecule has 0 bridgehead atoms. The fourth-order valence-electron chi connectivity index (χ4n) is 5.33. The third-order valence-electron chi connectivity index (χ3n) is 6.67. The van der Waals surface area contributed by atoms with Crippen molar-refractivity contribution in [3.63, 3.8) is 0 Å². The number of benzene rings is 2. The van der Waals surface area contributed by atoms with Crippen LogP contribution in [0.3, 0.4) is 0 Å². The number of β-amino-alcohol motifs (C(OH)–C–C–N with tert-alkyl or cyclic N) is 1. The van der Waals surface area contributed by atoms with Gasteiger partial charge in [-0.1, -0.05) is 24.3 Å². The van der Waals surface area contributed by atoms with Crippen LogP contribution < -0.4 is 0 Å². The van der Waals surface area contributed by atoms with E-state index in [2.05, 4.69) is 51.1 Å². The summed E-state index contributed by atoms with van der Waals surface area (Å²) in [7, 11) is 2.08. The summed E-state index contributed by atoms with van der Waals surface area (Å²) in [6.45, 7) is 1.56. The first-order valence-corrected chi connectivity index (χ1v) is 10.2. The van der Waals surface area contributed by atoms with Gasteiger partial charge in [-0.2, -0.15) is 0 Å². The highest BCUT2D eigenvalue weighted by molar-refractivity contribution is 9.10. The second-order valence-electron chi connectivity index (χ2n) is 8.25. The molecule has 1 saturated heterocycles. The lowest BCUT2D eigenvalue weighted by Gasteiger charge is -2.55. The molecule has 0 radical (unpaired) electrons. The molecule has 27 heavy (non-hydrogen) atoms. The van der Waals surface area contributed by atoms with E-state index >= 15 is 0 Å². The van der Waals surface area contributed by atoms with E-state index in [0.717, 1.165) is 34.9 Å². The summed E-state index contributed by atoms with van der Waals surface area (Å²) in [5.41, 5.74) is 3.27. The minimum Gasteiger partial charge on any atom is -0.508 e. The molecule has 0 spiro atoms. The second-order valence-corrected chi connectivity index (χ2v) is 9.10. The molecular formula is C22H23BrN2O2. The highest BCUT2D eigenvalue weighted by Crippen LogP contribution is 2.51. The molecular weight excluding hydrogens is 404 g/mol. The monoisotopic (exact) mass is 426 g/mol. The zero-order valence-corrected chi connectivity index (χ0v) is 16.9. The second kappa shape index (κ2) is 5.84. The van der Waals surface area contributed by atoms with Gasteiger partial charge in [-0.3, -0.25) is 0 Å². The number of likely N-dealkylation sites (N-methyl/N-ethyl adjacent to an activating group) is 1. The number of likely N-dealkylation sites (tertiary alicyclic amines) is 1. The van der Waals surface area contributed by atoms with Crippen LogP contribution >= 0.6 is 15.9 Å². The maximum Gasteiger partial charge on any atom is 0.115 e. The van der Waals surface area contributed by atoms with Crippen molar-refractivity contribution in [3.05, 3.63) is 63.8 Å². The van der Waals surface area contributed by atoms with Crippen molar-refractivity contribution in [3.8, 4) is 5.75 Å². The van der Waals surface area contributed by atoms with E-state index in [1.165, 1.54) is 16.6 Å². The number of hydrogen-bond donors (Lipinski definition) is 3. The number of nitrogens with one attached hydrogen (secondary N) is 1. The molecule has 2 aliphatic rings. The number of piperidine rings is 1. The highest BCUT2D eigenvalue weighted by atomic mass is 79.9. The molecule has 5 heteroatoms. The van der Waals surface area contributed by atoms with Gasteiger partial charge in [-0.05, 0) is 65.3 Å².